The van der Waals surface area contributed by atoms with E-state index >= 15 is 0 Å². The molecule has 0 spiro atoms. The van der Waals surface area contributed by atoms with E-state index in [1.54, 1.807) is 24.3 Å². The van der Waals surface area contributed by atoms with E-state index in [2.05, 4.69) is 5.32 Å². The number of rotatable bonds is 16. The number of aliphatic hydroxyl groups is 1. The number of hydrogen-bond acceptors (Lipinski definition) is 7. The lowest BCUT2D eigenvalue weighted by Crippen LogP contribution is -2.53. The highest BCUT2D eigenvalue weighted by Gasteiger charge is 2.37. The summed E-state index contributed by atoms with van der Waals surface area (Å²) in [5.74, 6) is -2.83. The standard InChI is InChI=1S/C40H54N4O5/c1-26(2)21-33(42)37(47)31-19-13-14-20-34(31)44(38(48)27(3)43-36(46)25-40(4,5)6)39(49)30(22-28-15-9-7-10-16-28)24-35(45)32(41)23-29-17-11-8-12-18-29/h7-20,26-27,30,32-33,35,45H,21-25,41-42H2,1-6H3,(H,43,46)/t27?,30-,32+,33?,35+/m1/s1. The molecule has 3 aromatic rings. The molecule has 5 atom stereocenters. The van der Waals surface area contributed by atoms with E-state index in [-0.39, 0.29) is 47.8 Å². The second-order valence-corrected chi connectivity index (χ2v) is 14.7. The van der Waals surface area contributed by atoms with Crippen LogP contribution < -0.4 is 21.7 Å². The average Bonchev–Trinajstić information content (AvgIpc) is 3.04. The maximum absolute atomic E-state index is 14.8. The summed E-state index contributed by atoms with van der Waals surface area (Å²) in [5, 5.41) is 14.1. The van der Waals surface area contributed by atoms with E-state index in [1.165, 1.54) is 6.92 Å². The Morgan fingerprint density at radius 1 is 0.755 bits per heavy atom. The number of hydrogen-bond donors (Lipinski definition) is 4. The predicted octanol–water partition coefficient (Wildman–Crippen LogP) is 5.22. The van der Waals surface area contributed by atoms with Crippen molar-refractivity contribution in [2.24, 2.45) is 28.7 Å². The monoisotopic (exact) mass is 670 g/mol. The van der Waals surface area contributed by atoms with Crippen LogP contribution in [-0.4, -0.2) is 52.8 Å². The van der Waals surface area contributed by atoms with Crippen LogP contribution in [0.25, 0.3) is 0 Å². The van der Waals surface area contributed by atoms with E-state index in [1.807, 2.05) is 95.3 Å². The third-order valence-electron chi connectivity index (χ3n) is 8.36. The van der Waals surface area contributed by atoms with Gasteiger partial charge in [-0.25, -0.2) is 4.90 Å². The lowest BCUT2D eigenvalue weighted by Gasteiger charge is -2.32. The number of carbonyl (C=O) groups is 4. The molecule has 3 aromatic carbocycles. The van der Waals surface area contributed by atoms with Crippen LogP contribution in [0.1, 0.15) is 82.3 Å². The molecule has 9 nitrogen and oxygen atoms in total. The summed E-state index contributed by atoms with van der Waals surface area (Å²) in [6.45, 7) is 11.2. The molecule has 0 heterocycles. The highest BCUT2D eigenvalue weighted by molar-refractivity contribution is 6.21. The maximum Gasteiger partial charge on any atom is 0.256 e. The van der Waals surface area contributed by atoms with E-state index < -0.39 is 47.7 Å². The summed E-state index contributed by atoms with van der Waals surface area (Å²) in [7, 11) is 0. The second-order valence-electron chi connectivity index (χ2n) is 14.7. The zero-order valence-corrected chi connectivity index (χ0v) is 29.8. The number of nitrogens with zero attached hydrogens (tertiary/aromatic N) is 1. The molecular formula is C40H54N4O5. The van der Waals surface area contributed by atoms with Crippen LogP contribution in [0.3, 0.4) is 0 Å². The molecule has 0 radical (unpaired) electrons. The highest BCUT2D eigenvalue weighted by atomic mass is 16.3. The number of para-hydroxylation sites is 1. The smallest absolute Gasteiger partial charge is 0.256 e. The Bertz CT molecular complexity index is 1540. The lowest BCUT2D eigenvalue weighted by atomic mass is 9.88. The van der Waals surface area contributed by atoms with Crippen molar-refractivity contribution in [1.29, 1.82) is 0 Å². The van der Waals surface area contributed by atoms with E-state index in [9.17, 15) is 24.3 Å². The van der Waals surface area contributed by atoms with Gasteiger partial charge in [-0.3, -0.25) is 19.2 Å². The summed E-state index contributed by atoms with van der Waals surface area (Å²) in [6, 6.07) is 22.6. The minimum absolute atomic E-state index is 0.0424. The molecule has 3 rings (SSSR count). The van der Waals surface area contributed by atoms with Crippen molar-refractivity contribution >= 4 is 29.2 Å². The summed E-state index contributed by atoms with van der Waals surface area (Å²) in [6.07, 6.45) is 0.0377. The van der Waals surface area contributed by atoms with Crippen molar-refractivity contribution in [2.75, 3.05) is 4.90 Å². The Balaban J connectivity index is 2.08. The van der Waals surface area contributed by atoms with Gasteiger partial charge in [0, 0.05) is 23.9 Å². The number of benzene rings is 3. The first-order valence-corrected chi connectivity index (χ1v) is 17.1. The minimum Gasteiger partial charge on any atom is -0.391 e. The number of ketones is 1. The maximum atomic E-state index is 14.8. The summed E-state index contributed by atoms with van der Waals surface area (Å²) in [4.78, 5) is 56.9. The first-order valence-electron chi connectivity index (χ1n) is 17.1. The van der Waals surface area contributed by atoms with E-state index in [0.717, 1.165) is 16.0 Å². The Hall–Kier alpha value is -4.18. The predicted molar refractivity (Wildman–Crippen MR) is 195 cm³/mol. The molecule has 49 heavy (non-hydrogen) atoms. The quantitative estimate of drug-likeness (QED) is 0.152. The van der Waals surface area contributed by atoms with E-state index in [4.69, 9.17) is 11.5 Å². The molecule has 264 valence electrons. The largest absolute Gasteiger partial charge is 0.391 e. The number of Topliss-reactive ketones (excluding diaryl/α,β-unsaturated/α-hetero) is 1. The highest BCUT2D eigenvalue weighted by Crippen LogP contribution is 2.29. The van der Waals surface area contributed by atoms with Crippen LogP contribution in [-0.2, 0) is 27.2 Å². The van der Waals surface area contributed by atoms with Crippen molar-refractivity contribution < 1.29 is 24.3 Å². The molecule has 3 amide bonds. The fraction of sp³-hybridized carbons (Fsp3) is 0.450. The van der Waals surface area contributed by atoms with Gasteiger partial charge in [0.1, 0.15) is 6.04 Å². The third-order valence-corrected chi connectivity index (χ3v) is 8.36. The zero-order valence-electron chi connectivity index (χ0n) is 29.8. The van der Waals surface area contributed by atoms with Crippen molar-refractivity contribution in [2.45, 2.75) is 97.9 Å². The Labute approximate surface area is 291 Å². The molecule has 0 fully saturated rings. The van der Waals surface area contributed by atoms with Crippen LogP contribution in [0.5, 0.6) is 0 Å². The van der Waals surface area contributed by atoms with Gasteiger partial charge in [0.25, 0.3) is 5.91 Å². The molecule has 0 bridgehead atoms. The number of nitrogens with one attached hydrogen (secondary N) is 1. The molecule has 0 saturated carbocycles. The Kier molecular flexibility index (Phi) is 14.4. The number of anilines is 1. The number of carbonyl (C=O) groups excluding carboxylic acids is 4. The van der Waals surface area contributed by atoms with Gasteiger partial charge in [0.05, 0.1) is 17.8 Å². The molecule has 2 unspecified atom stereocenters. The van der Waals surface area contributed by atoms with Crippen LogP contribution in [0.15, 0.2) is 84.9 Å². The van der Waals surface area contributed by atoms with Crippen molar-refractivity contribution in [3.8, 4) is 0 Å². The molecule has 0 aliphatic heterocycles. The molecule has 0 aliphatic carbocycles. The Morgan fingerprint density at radius 2 is 1.29 bits per heavy atom. The Morgan fingerprint density at radius 3 is 1.84 bits per heavy atom. The van der Waals surface area contributed by atoms with Gasteiger partial charge in [0.15, 0.2) is 5.78 Å². The molecule has 9 heteroatoms. The normalized spacial score (nSPS) is 14.7. The van der Waals surface area contributed by atoms with Crippen molar-refractivity contribution in [3.05, 3.63) is 102 Å². The van der Waals surface area contributed by atoms with E-state index in [0.29, 0.717) is 12.8 Å². The number of imide groups is 1. The van der Waals surface area contributed by atoms with Gasteiger partial charge in [-0.2, -0.15) is 0 Å². The van der Waals surface area contributed by atoms with Crippen LogP contribution in [0.2, 0.25) is 0 Å². The second kappa shape index (κ2) is 18.0. The first-order chi connectivity index (χ1) is 23.1. The summed E-state index contributed by atoms with van der Waals surface area (Å²) >= 11 is 0. The summed E-state index contributed by atoms with van der Waals surface area (Å²) in [5.41, 5.74) is 14.5. The molecule has 0 saturated heterocycles. The van der Waals surface area contributed by atoms with Gasteiger partial charge in [-0.1, -0.05) is 107 Å². The van der Waals surface area contributed by atoms with Gasteiger partial charge < -0.3 is 21.9 Å². The van der Waals surface area contributed by atoms with Crippen molar-refractivity contribution in [1.82, 2.24) is 5.32 Å². The third kappa shape index (κ3) is 12.0. The number of nitrogens with two attached hydrogens (primary N) is 2. The number of amides is 3. The SMILES string of the molecule is CC(C)CC(N)C(=O)c1ccccc1N(C(=O)C(C)NC(=O)CC(C)(C)C)C(=O)[C@H](Cc1ccccc1)C[C@H](O)[C@@H](N)Cc1ccccc1. The van der Waals surface area contributed by atoms with Gasteiger partial charge in [-0.05, 0) is 67.2 Å². The molecule has 6 N–H and O–H groups in total. The average molecular weight is 671 g/mol. The fourth-order valence-electron chi connectivity index (χ4n) is 5.91. The topological polar surface area (TPSA) is 156 Å². The molecule has 0 aromatic heterocycles. The zero-order chi connectivity index (χ0) is 36.3. The van der Waals surface area contributed by atoms with Gasteiger partial charge in [-0.15, -0.1) is 0 Å². The molecular weight excluding hydrogens is 616 g/mol. The minimum atomic E-state index is -1.10. The number of aliphatic hydroxyl groups excluding tert-OH is 1. The summed E-state index contributed by atoms with van der Waals surface area (Å²) < 4.78 is 0. The van der Waals surface area contributed by atoms with Gasteiger partial charge in [0.2, 0.25) is 11.8 Å². The lowest BCUT2D eigenvalue weighted by molar-refractivity contribution is -0.133. The fourth-order valence-corrected chi connectivity index (χ4v) is 5.91. The van der Waals surface area contributed by atoms with Gasteiger partial charge >= 0.3 is 0 Å². The molecule has 0 aliphatic rings. The van der Waals surface area contributed by atoms with Crippen LogP contribution >= 0.6 is 0 Å². The van der Waals surface area contributed by atoms with Crippen LogP contribution in [0, 0.1) is 17.3 Å². The van der Waals surface area contributed by atoms with Crippen LogP contribution in [0.4, 0.5) is 5.69 Å². The first kappa shape index (κ1) is 39.3. The van der Waals surface area contributed by atoms with Crippen molar-refractivity contribution in [3.63, 3.8) is 0 Å².